The molecule has 2 aromatic rings. The van der Waals surface area contributed by atoms with Gasteiger partial charge < -0.3 is 10.6 Å². The highest BCUT2D eigenvalue weighted by Gasteiger charge is 2.27. The van der Waals surface area contributed by atoms with Crippen LogP contribution in [0.25, 0.3) is 0 Å². The highest BCUT2D eigenvalue weighted by molar-refractivity contribution is 7.89. The van der Waals surface area contributed by atoms with Gasteiger partial charge in [0.1, 0.15) is 4.90 Å². The van der Waals surface area contributed by atoms with Gasteiger partial charge >= 0.3 is 0 Å². The van der Waals surface area contributed by atoms with Crippen LogP contribution >= 0.6 is 11.6 Å². The van der Waals surface area contributed by atoms with E-state index in [9.17, 15) is 13.2 Å². The van der Waals surface area contributed by atoms with Crippen molar-refractivity contribution >= 4 is 33.2 Å². The van der Waals surface area contributed by atoms with E-state index in [0.29, 0.717) is 16.8 Å². The zero-order valence-corrected chi connectivity index (χ0v) is 19.0. The molecule has 3 rings (SSSR count). The SMILES string of the molecule is Cc1cc(S(=O)(=O)NC(C)C2CCNCC2)c(Cl)cc1NC(=O)c1ccccc1C. The molecule has 0 radical (unpaired) electrons. The lowest BCUT2D eigenvalue weighted by molar-refractivity contribution is 0.102. The smallest absolute Gasteiger partial charge is 0.255 e. The van der Waals surface area contributed by atoms with Crippen molar-refractivity contribution in [1.29, 1.82) is 0 Å². The number of benzene rings is 2. The zero-order chi connectivity index (χ0) is 21.9. The number of hydrogen-bond acceptors (Lipinski definition) is 4. The third-order valence-electron chi connectivity index (χ3n) is 5.64. The average Bonchev–Trinajstić information content (AvgIpc) is 2.71. The van der Waals surface area contributed by atoms with E-state index in [2.05, 4.69) is 15.4 Å². The van der Waals surface area contributed by atoms with Gasteiger partial charge in [0.05, 0.1) is 5.02 Å². The molecule has 1 saturated heterocycles. The van der Waals surface area contributed by atoms with Gasteiger partial charge in [-0.05, 0) is 81.9 Å². The summed E-state index contributed by atoms with van der Waals surface area (Å²) in [6.45, 7) is 7.29. The van der Waals surface area contributed by atoms with Crippen molar-refractivity contribution < 1.29 is 13.2 Å². The van der Waals surface area contributed by atoms with Crippen LogP contribution in [-0.2, 0) is 10.0 Å². The van der Waals surface area contributed by atoms with Gasteiger partial charge in [0, 0.05) is 17.3 Å². The molecule has 3 N–H and O–H groups in total. The average molecular weight is 450 g/mol. The number of aryl methyl sites for hydroxylation is 2. The monoisotopic (exact) mass is 449 g/mol. The van der Waals surface area contributed by atoms with Crippen LogP contribution in [0, 0.1) is 19.8 Å². The maximum absolute atomic E-state index is 13.0. The number of carbonyl (C=O) groups is 1. The third kappa shape index (κ3) is 5.21. The van der Waals surface area contributed by atoms with Gasteiger partial charge in [-0.25, -0.2) is 13.1 Å². The number of rotatable bonds is 6. The van der Waals surface area contributed by atoms with Crippen LogP contribution < -0.4 is 15.4 Å². The molecule has 0 bridgehead atoms. The van der Waals surface area contributed by atoms with Crippen LogP contribution in [0.4, 0.5) is 5.69 Å². The number of halogens is 1. The van der Waals surface area contributed by atoms with Gasteiger partial charge in [0.25, 0.3) is 5.91 Å². The molecular formula is C22H28ClN3O3S. The van der Waals surface area contributed by atoms with Crippen molar-refractivity contribution in [2.45, 2.75) is 44.6 Å². The van der Waals surface area contributed by atoms with E-state index >= 15 is 0 Å². The third-order valence-corrected chi connectivity index (χ3v) is 7.66. The molecule has 0 aliphatic carbocycles. The minimum absolute atomic E-state index is 0.0244. The van der Waals surface area contributed by atoms with Crippen molar-refractivity contribution in [2.75, 3.05) is 18.4 Å². The molecule has 30 heavy (non-hydrogen) atoms. The molecule has 0 saturated carbocycles. The summed E-state index contributed by atoms with van der Waals surface area (Å²) >= 11 is 6.34. The van der Waals surface area contributed by atoms with E-state index in [1.807, 2.05) is 26.0 Å². The van der Waals surface area contributed by atoms with Crippen molar-refractivity contribution in [3.63, 3.8) is 0 Å². The van der Waals surface area contributed by atoms with E-state index in [1.165, 1.54) is 12.1 Å². The van der Waals surface area contributed by atoms with Crippen molar-refractivity contribution in [3.05, 3.63) is 58.1 Å². The number of hydrogen-bond donors (Lipinski definition) is 3. The minimum atomic E-state index is -3.78. The Kier molecular flexibility index (Phi) is 7.18. The Labute approximate surface area is 183 Å². The van der Waals surface area contributed by atoms with Crippen LogP contribution in [0.1, 0.15) is 41.3 Å². The first-order chi connectivity index (χ1) is 14.2. The molecule has 1 aliphatic heterocycles. The summed E-state index contributed by atoms with van der Waals surface area (Å²) in [5.41, 5.74) is 2.52. The lowest BCUT2D eigenvalue weighted by atomic mass is 9.92. The molecule has 0 aromatic heterocycles. The maximum atomic E-state index is 13.0. The molecule has 1 heterocycles. The Morgan fingerprint density at radius 2 is 1.80 bits per heavy atom. The second-order valence-electron chi connectivity index (χ2n) is 7.86. The summed E-state index contributed by atoms with van der Waals surface area (Å²) in [7, 11) is -3.78. The van der Waals surface area contributed by atoms with E-state index in [0.717, 1.165) is 31.5 Å². The molecule has 2 aromatic carbocycles. The number of piperidine rings is 1. The first-order valence-electron chi connectivity index (χ1n) is 10.1. The second kappa shape index (κ2) is 9.47. The molecule has 1 unspecified atom stereocenters. The normalized spacial score (nSPS) is 16.3. The Morgan fingerprint density at radius 3 is 2.47 bits per heavy atom. The van der Waals surface area contributed by atoms with E-state index in [-0.39, 0.29) is 27.8 Å². The molecule has 6 nitrogen and oxygen atoms in total. The van der Waals surface area contributed by atoms with Crippen LogP contribution in [-0.4, -0.2) is 33.5 Å². The van der Waals surface area contributed by atoms with Crippen LogP contribution in [0.3, 0.4) is 0 Å². The van der Waals surface area contributed by atoms with Gasteiger partial charge in [-0.2, -0.15) is 0 Å². The predicted octanol–water partition coefficient (Wildman–Crippen LogP) is 3.88. The molecule has 1 atom stereocenters. The number of anilines is 1. The van der Waals surface area contributed by atoms with Crippen molar-refractivity contribution in [2.24, 2.45) is 5.92 Å². The number of sulfonamides is 1. The van der Waals surface area contributed by atoms with Gasteiger partial charge in [0.2, 0.25) is 10.0 Å². The molecule has 0 spiro atoms. The fourth-order valence-corrected chi connectivity index (χ4v) is 5.69. The maximum Gasteiger partial charge on any atom is 0.255 e. The minimum Gasteiger partial charge on any atom is -0.322 e. The Bertz CT molecular complexity index is 1030. The zero-order valence-electron chi connectivity index (χ0n) is 17.5. The Morgan fingerprint density at radius 1 is 1.13 bits per heavy atom. The number of nitrogens with one attached hydrogen (secondary N) is 3. The summed E-state index contributed by atoms with van der Waals surface area (Å²) in [6, 6.07) is 10.1. The second-order valence-corrected chi connectivity index (χ2v) is 9.95. The lowest BCUT2D eigenvalue weighted by Crippen LogP contribution is -2.42. The topological polar surface area (TPSA) is 87.3 Å². The summed E-state index contributed by atoms with van der Waals surface area (Å²) in [6.07, 6.45) is 1.86. The van der Waals surface area contributed by atoms with Crippen LogP contribution in [0.2, 0.25) is 5.02 Å². The number of amides is 1. The first kappa shape index (κ1) is 22.7. The fraction of sp³-hybridized carbons (Fsp3) is 0.409. The van der Waals surface area contributed by atoms with E-state index in [4.69, 9.17) is 11.6 Å². The van der Waals surface area contributed by atoms with Crippen LogP contribution in [0.5, 0.6) is 0 Å². The molecule has 1 fully saturated rings. The molecule has 1 aliphatic rings. The van der Waals surface area contributed by atoms with Crippen molar-refractivity contribution in [3.8, 4) is 0 Å². The largest absolute Gasteiger partial charge is 0.322 e. The summed E-state index contributed by atoms with van der Waals surface area (Å²) in [5, 5.41) is 6.19. The van der Waals surface area contributed by atoms with Gasteiger partial charge in [-0.15, -0.1) is 0 Å². The van der Waals surface area contributed by atoms with E-state index in [1.54, 1.807) is 19.1 Å². The fourth-order valence-electron chi connectivity index (χ4n) is 3.76. The summed E-state index contributed by atoms with van der Waals surface area (Å²) < 4.78 is 28.7. The number of carbonyl (C=O) groups excluding carboxylic acids is 1. The van der Waals surface area contributed by atoms with Gasteiger partial charge in [0.15, 0.2) is 0 Å². The van der Waals surface area contributed by atoms with Gasteiger partial charge in [-0.3, -0.25) is 4.79 Å². The lowest BCUT2D eigenvalue weighted by Gasteiger charge is -2.28. The molecule has 1 amide bonds. The summed E-state index contributed by atoms with van der Waals surface area (Å²) in [5.74, 6) is 0.0223. The summed E-state index contributed by atoms with van der Waals surface area (Å²) in [4.78, 5) is 12.6. The quantitative estimate of drug-likeness (QED) is 0.624. The Hall–Kier alpha value is -1.93. The molecule has 162 valence electrons. The van der Waals surface area contributed by atoms with Crippen molar-refractivity contribution in [1.82, 2.24) is 10.0 Å². The van der Waals surface area contributed by atoms with E-state index < -0.39 is 10.0 Å². The highest BCUT2D eigenvalue weighted by atomic mass is 35.5. The standard InChI is InChI=1S/C22H28ClN3O3S/c1-14-6-4-5-7-18(14)22(27)25-20-13-19(23)21(12-15(20)2)30(28,29)26-16(3)17-8-10-24-11-9-17/h4-7,12-13,16-17,24,26H,8-11H2,1-3H3,(H,25,27). The Balaban J connectivity index is 1.79. The first-order valence-corrected chi connectivity index (χ1v) is 12.0. The van der Waals surface area contributed by atoms with Gasteiger partial charge in [-0.1, -0.05) is 29.8 Å². The highest BCUT2D eigenvalue weighted by Crippen LogP contribution is 2.30. The van der Waals surface area contributed by atoms with Crippen LogP contribution in [0.15, 0.2) is 41.3 Å². The predicted molar refractivity (Wildman–Crippen MR) is 121 cm³/mol. The molecule has 8 heteroatoms. The molecular weight excluding hydrogens is 422 g/mol.